The molecule has 0 fully saturated rings. The summed E-state index contributed by atoms with van der Waals surface area (Å²) in [6.07, 6.45) is 0.993. The second-order valence-electron chi connectivity index (χ2n) is 8.98. The Kier molecular flexibility index (Phi) is 7.27. The summed E-state index contributed by atoms with van der Waals surface area (Å²) in [6.45, 7) is 8.41. The summed E-state index contributed by atoms with van der Waals surface area (Å²) in [5.41, 5.74) is 8.62. The maximum absolute atomic E-state index is 12.6. The Morgan fingerprint density at radius 1 is 1.13 bits per heavy atom. The molecule has 0 saturated carbocycles. The smallest absolute Gasteiger partial charge is 0.261 e. The molecule has 0 radical (unpaired) electrons. The van der Waals surface area contributed by atoms with Gasteiger partial charge in [0.05, 0.1) is 0 Å². The molecule has 1 heterocycles. The number of carbonyl (C=O) groups is 2. The van der Waals surface area contributed by atoms with Crippen molar-refractivity contribution in [1.82, 2.24) is 10.3 Å². The Bertz CT molecular complexity index is 994. The van der Waals surface area contributed by atoms with E-state index in [0.717, 1.165) is 5.56 Å². The quantitative estimate of drug-likeness (QED) is 0.673. The van der Waals surface area contributed by atoms with E-state index in [2.05, 4.69) is 24.1 Å². The number of pyridine rings is 1. The van der Waals surface area contributed by atoms with Gasteiger partial charge in [0.1, 0.15) is 5.56 Å². The second-order valence-corrected chi connectivity index (χ2v) is 8.98. The van der Waals surface area contributed by atoms with Gasteiger partial charge in [-0.3, -0.25) is 14.4 Å². The maximum Gasteiger partial charge on any atom is 0.261 e. The number of nitrogens with two attached hydrogens (primary N) is 1. The number of aromatic amines is 1. The Morgan fingerprint density at radius 2 is 1.73 bits per heavy atom. The third-order valence-corrected chi connectivity index (χ3v) is 5.48. The third kappa shape index (κ3) is 5.18. The van der Waals surface area contributed by atoms with Gasteiger partial charge < -0.3 is 16.0 Å². The molecule has 0 spiro atoms. The lowest BCUT2D eigenvalue weighted by Gasteiger charge is -2.29. The van der Waals surface area contributed by atoms with Crippen molar-refractivity contribution in [2.24, 2.45) is 11.1 Å². The number of H-pyrrole nitrogens is 1. The molecule has 1 aliphatic carbocycles. The molecule has 1 aliphatic rings. The minimum atomic E-state index is -0.527. The van der Waals surface area contributed by atoms with Crippen molar-refractivity contribution in [3.8, 4) is 0 Å². The number of fused-ring (bicyclic) bond motifs is 1. The molecule has 3 rings (SSSR count). The molecule has 1 amide bonds. The van der Waals surface area contributed by atoms with Gasteiger partial charge in [0, 0.05) is 30.3 Å². The van der Waals surface area contributed by atoms with Gasteiger partial charge in [0.25, 0.3) is 11.5 Å². The van der Waals surface area contributed by atoms with Crippen molar-refractivity contribution in [1.29, 1.82) is 0 Å². The first-order valence-corrected chi connectivity index (χ1v) is 10.0. The summed E-state index contributed by atoms with van der Waals surface area (Å²) >= 11 is 0. The van der Waals surface area contributed by atoms with E-state index in [4.69, 9.17) is 5.73 Å². The number of aromatic nitrogens is 1. The minimum absolute atomic E-state index is 0. The van der Waals surface area contributed by atoms with Gasteiger partial charge in [0.15, 0.2) is 5.78 Å². The normalized spacial score (nSPS) is 15.9. The SMILES string of the molecule is CC(C)c1ccc(C(N)CNC(=O)c2cc3c([nH]c2=O)CC(C)(C)CC3=O)cc1.Cl. The summed E-state index contributed by atoms with van der Waals surface area (Å²) in [7, 11) is 0. The number of benzene rings is 1. The second kappa shape index (κ2) is 9.14. The number of carbonyl (C=O) groups excluding carboxylic acids is 2. The first kappa shape index (κ1) is 23.8. The summed E-state index contributed by atoms with van der Waals surface area (Å²) in [5, 5.41) is 2.72. The van der Waals surface area contributed by atoms with Crippen molar-refractivity contribution >= 4 is 24.1 Å². The highest BCUT2D eigenvalue weighted by atomic mass is 35.5. The Labute approximate surface area is 183 Å². The lowest BCUT2D eigenvalue weighted by Crippen LogP contribution is -2.37. The van der Waals surface area contributed by atoms with Gasteiger partial charge in [-0.2, -0.15) is 0 Å². The summed E-state index contributed by atoms with van der Waals surface area (Å²) in [5.74, 6) is -0.145. The zero-order valence-electron chi connectivity index (χ0n) is 17.9. The van der Waals surface area contributed by atoms with E-state index < -0.39 is 11.5 Å². The van der Waals surface area contributed by atoms with Crippen LogP contribution in [0.5, 0.6) is 0 Å². The average molecular weight is 432 g/mol. The molecule has 1 aromatic carbocycles. The summed E-state index contributed by atoms with van der Waals surface area (Å²) in [4.78, 5) is 40.1. The number of rotatable bonds is 5. The van der Waals surface area contributed by atoms with Crippen LogP contribution in [0.3, 0.4) is 0 Å². The molecule has 30 heavy (non-hydrogen) atoms. The van der Waals surface area contributed by atoms with Crippen LogP contribution >= 0.6 is 12.4 Å². The monoisotopic (exact) mass is 431 g/mol. The van der Waals surface area contributed by atoms with Crippen LogP contribution < -0.4 is 16.6 Å². The van der Waals surface area contributed by atoms with E-state index in [-0.39, 0.29) is 41.8 Å². The van der Waals surface area contributed by atoms with Crippen LogP contribution in [0.2, 0.25) is 0 Å². The zero-order valence-corrected chi connectivity index (χ0v) is 18.7. The number of hydrogen-bond donors (Lipinski definition) is 3. The first-order chi connectivity index (χ1) is 13.6. The highest BCUT2D eigenvalue weighted by molar-refractivity contribution is 6.02. The number of Topliss-reactive ketones (excluding diaryl/α,β-unsaturated/α-hetero) is 1. The van der Waals surface area contributed by atoms with Crippen LogP contribution in [-0.2, 0) is 6.42 Å². The molecule has 1 atom stereocenters. The molecule has 7 heteroatoms. The van der Waals surface area contributed by atoms with Crippen LogP contribution in [0.15, 0.2) is 35.1 Å². The fourth-order valence-electron chi connectivity index (χ4n) is 3.74. The van der Waals surface area contributed by atoms with Crippen LogP contribution in [0.25, 0.3) is 0 Å². The van der Waals surface area contributed by atoms with Crippen molar-refractivity contribution in [2.75, 3.05) is 6.54 Å². The first-order valence-electron chi connectivity index (χ1n) is 10.0. The van der Waals surface area contributed by atoms with Crippen LogP contribution in [-0.4, -0.2) is 23.2 Å². The van der Waals surface area contributed by atoms with E-state index in [9.17, 15) is 14.4 Å². The zero-order chi connectivity index (χ0) is 21.3. The molecule has 0 bridgehead atoms. The molecule has 162 valence electrons. The summed E-state index contributed by atoms with van der Waals surface area (Å²) in [6, 6.07) is 9.01. The van der Waals surface area contributed by atoms with E-state index >= 15 is 0 Å². The highest BCUT2D eigenvalue weighted by Gasteiger charge is 2.32. The molecule has 4 N–H and O–H groups in total. The maximum atomic E-state index is 12.6. The number of halogens is 1. The van der Waals surface area contributed by atoms with Crippen LogP contribution in [0, 0.1) is 5.41 Å². The van der Waals surface area contributed by atoms with Crippen molar-refractivity contribution < 1.29 is 9.59 Å². The molecular formula is C23H30ClN3O3. The van der Waals surface area contributed by atoms with E-state index in [1.807, 2.05) is 38.1 Å². The van der Waals surface area contributed by atoms with Crippen molar-refractivity contribution in [3.63, 3.8) is 0 Å². The molecule has 2 aromatic rings. The van der Waals surface area contributed by atoms with Gasteiger partial charge in [-0.1, -0.05) is 52.0 Å². The molecule has 6 nitrogen and oxygen atoms in total. The average Bonchev–Trinajstić information content (AvgIpc) is 2.64. The lowest BCUT2D eigenvalue weighted by molar-refractivity contribution is 0.0910. The minimum Gasteiger partial charge on any atom is -0.350 e. The van der Waals surface area contributed by atoms with Crippen molar-refractivity contribution in [2.45, 2.75) is 52.5 Å². The Morgan fingerprint density at radius 3 is 2.33 bits per heavy atom. The summed E-state index contributed by atoms with van der Waals surface area (Å²) < 4.78 is 0. The molecule has 0 aliphatic heterocycles. The van der Waals surface area contributed by atoms with Crippen LogP contribution in [0.1, 0.15) is 83.6 Å². The Hall–Kier alpha value is -2.44. The van der Waals surface area contributed by atoms with E-state index in [1.165, 1.54) is 11.6 Å². The molecular weight excluding hydrogens is 402 g/mol. The largest absolute Gasteiger partial charge is 0.350 e. The molecule has 0 saturated heterocycles. The standard InChI is InChI=1S/C23H29N3O3.ClH/c1-13(2)14-5-7-15(8-6-14)18(24)12-25-21(28)17-9-16-19(26-22(17)29)10-23(3,4)11-20(16)27;/h5-9,13,18H,10-12,24H2,1-4H3,(H,25,28)(H,26,29);1H. The number of nitrogens with one attached hydrogen (secondary N) is 2. The van der Waals surface area contributed by atoms with Gasteiger partial charge in [0.2, 0.25) is 0 Å². The molecule has 1 unspecified atom stereocenters. The van der Waals surface area contributed by atoms with Gasteiger partial charge in [-0.15, -0.1) is 12.4 Å². The number of amides is 1. The van der Waals surface area contributed by atoms with Gasteiger partial charge in [-0.25, -0.2) is 0 Å². The Balaban J connectivity index is 0.00000320. The van der Waals surface area contributed by atoms with E-state index in [1.54, 1.807) is 0 Å². The van der Waals surface area contributed by atoms with Gasteiger partial charge in [-0.05, 0) is 34.9 Å². The van der Waals surface area contributed by atoms with Crippen molar-refractivity contribution in [3.05, 3.63) is 68.6 Å². The lowest BCUT2D eigenvalue weighted by atomic mass is 9.75. The number of ketones is 1. The van der Waals surface area contributed by atoms with Crippen LogP contribution in [0.4, 0.5) is 0 Å². The topological polar surface area (TPSA) is 105 Å². The predicted molar refractivity (Wildman–Crippen MR) is 121 cm³/mol. The highest BCUT2D eigenvalue weighted by Crippen LogP contribution is 2.33. The van der Waals surface area contributed by atoms with Gasteiger partial charge >= 0.3 is 0 Å². The molecule has 1 aromatic heterocycles. The fraction of sp³-hybridized carbons (Fsp3) is 0.435. The predicted octanol–water partition coefficient (Wildman–Crippen LogP) is 3.51. The third-order valence-electron chi connectivity index (χ3n) is 5.48. The van der Waals surface area contributed by atoms with E-state index in [0.29, 0.717) is 30.0 Å². The number of hydrogen-bond acceptors (Lipinski definition) is 4. The fourth-order valence-corrected chi connectivity index (χ4v) is 3.74.